The maximum absolute atomic E-state index is 2.62. The van der Waals surface area contributed by atoms with Gasteiger partial charge in [0.25, 0.3) is 0 Å². The fourth-order valence-corrected chi connectivity index (χ4v) is 13.4. The van der Waals surface area contributed by atoms with Crippen LogP contribution < -0.4 is 10.4 Å². The lowest BCUT2D eigenvalue weighted by atomic mass is 9.93. The second-order valence-electron chi connectivity index (χ2n) is 9.74. The average molecular weight is 423 g/mol. The smallest absolute Gasteiger partial charge is 0.0791 e. The van der Waals surface area contributed by atoms with E-state index in [1.165, 1.54) is 36.8 Å². The van der Waals surface area contributed by atoms with Crippen molar-refractivity contribution in [3.63, 3.8) is 0 Å². The van der Waals surface area contributed by atoms with Crippen LogP contribution in [0, 0.1) is 0 Å². The normalized spacial score (nSPS) is 22.0. The first-order chi connectivity index (χ1) is 15.1. The third kappa shape index (κ3) is 3.01. The van der Waals surface area contributed by atoms with Gasteiger partial charge in [0.2, 0.25) is 0 Å². The molecule has 0 fully saturated rings. The second kappa shape index (κ2) is 7.95. The molecule has 2 aromatic carbocycles. The van der Waals surface area contributed by atoms with Gasteiger partial charge in [-0.05, 0) is 70.1 Å². The molecular formula is C30H34Si. The van der Waals surface area contributed by atoms with Crippen molar-refractivity contribution in [1.82, 2.24) is 0 Å². The molecule has 0 saturated carbocycles. The van der Waals surface area contributed by atoms with E-state index in [4.69, 9.17) is 0 Å². The van der Waals surface area contributed by atoms with Crippen molar-refractivity contribution in [2.75, 3.05) is 0 Å². The summed E-state index contributed by atoms with van der Waals surface area (Å²) in [6, 6.07) is 23.2. The summed E-state index contributed by atoms with van der Waals surface area (Å²) in [5.41, 5.74) is 10.7. The van der Waals surface area contributed by atoms with Crippen molar-refractivity contribution < 1.29 is 0 Å². The topological polar surface area (TPSA) is 0 Å². The van der Waals surface area contributed by atoms with Gasteiger partial charge in [0, 0.05) is 11.1 Å². The van der Waals surface area contributed by atoms with E-state index < -0.39 is 8.07 Å². The third-order valence-corrected chi connectivity index (χ3v) is 14.4. The van der Waals surface area contributed by atoms with Gasteiger partial charge < -0.3 is 0 Å². The van der Waals surface area contributed by atoms with Gasteiger partial charge >= 0.3 is 0 Å². The summed E-state index contributed by atoms with van der Waals surface area (Å²) in [5.74, 6) is 0. The first-order valence-electron chi connectivity index (χ1n) is 11.9. The van der Waals surface area contributed by atoms with Gasteiger partial charge in [0.15, 0.2) is 0 Å². The van der Waals surface area contributed by atoms with Crippen molar-refractivity contribution >= 4 is 18.4 Å². The largest absolute Gasteiger partial charge is 0.139 e. The third-order valence-electron chi connectivity index (χ3n) is 8.48. The van der Waals surface area contributed by atoms with Crippen LogP contribution in [0.4, 0.5) is 0 Å². The number of allylic oxidation sites excluding steroid dienone is 8. The highest BCUT2D eigenvalue weighted by Gasteiger charge is 2.54. The maximum Gasteiger partial charge on any atom is 0.139 e. The molecule has 5 rings (SSSR count). The van der Waals surface area contributed by atoms with Crippen molar-refractivity contribution in [2.24, 2.45) is 0 Å². The second-order valence-corrected chi connectivity index (χ2v) is 13.8. The van der Waals surface area contributed by atoms with Gasteiger partial charge in [-0.1, -0.05) is 99.9 Å². The molecule has 158 valence electrons. The highest BCUT2D eigenvalue weighted by atomic mass is 28.3. The minimum absolute atomic E-state index is 0.515. The zero-order valence-electron chi connectivity index (χ0n) is 19.4. The van der Waals surface area contributed by atoms with E-state index in [1.807, 2.05) is 0 Å². The molecule has 0 radical (unpaired) electrons. The van der Waals surface area contributed by atoms with E-state index in [2.05, 4.69) is 101 Å². The molecule has 3 aliphatic rings. The summed E-state index contributed by atoms with van der Waals surface area (Å²) in [7, 11) is -2.26. The molecule has 0 spiro atoms. The molecule has 0 aromatic heterocycles. The summed E-state index contributed by atoms with van der Waals surface area (Å²) < 4.78 is 0. The molecule has 31 heavy (non-hydrogen) atoms. The zero-order valence-corrected chi connectivity index (χ0v) is 20.4. The van der Waals surface area contributed by atoms with Crippen LogP contribution in [0.3, 0.4) is 0 Å². The van der Waals surface area contributed by atoms with E-state index in [1.54, 1.807) is 32.7 Å². The predicted molar refractivity (Wildman–Crippen MR) is 137 cm³/mol. The van der Waals surface area contributed by atoms with Crippen LogP contribution in [-0.2, 0) is 0 Å². The number of rotatable bonds is 4. The maximum atomic E-state index is 2.62. The molecule has 0 N–H and O–H groups in total. The Labute approximate surface area is 189 Å². The Bertz CT molecular complexity index is 1050. The quantitative estimate of drug-likeness (QED) is 0.460. The molecule has 0 nitrogen and oxygen atoms in total. The average Bonchev–Trinajstić information content (AvgIpc) is 3.33. The molecule has 0 saturated heterocycles. The van der Waals surface area contributed by atoms with Crippen LogP contribution >= 0.6 is 0 Å². The first-order valence-corrected chi connectivity index (χ1v) is 14.1. The lowest BCUT2D eigenvalue weighted by Gasteiger charge is -2.46. The van der Waals surface area contributed by atoms with Gasteiger partial charge in [0.05, 0.1) is 0 Å². The summed E-state index contributed by atoms with van der Waals surface area (Å²) in [5, 5.41) is 3.17. The number of hydrogen-bond donors (Lipinski definition) is 0. The molecule has 0 aliphatic heterocycles. The molecule has 1 heteroatoms. The highest BCUT2D eigenvalue weighted by Crippen LogP contribution is 2.55. The summed E-state index contributed by atoms with van der Waals surface area (Å²) in [6.45, 7) is 9.53. The standard InChI is InChI=1S/C30H34Si/c1-21-22(2)24(4)30(23(21)3)31(26-14-7-5-8-15-26,27-16-9-6-10-17-27)29-20-19-25-13-11-12-18-28(25)29/h5-10,14-17,19-20,29-30H,11-13,18H2,1-4H3. The van der Waals surface area contributed by atoms with E-state index in [0.717, 1.165) is 0 Å². The van der Waals surface area contributed by atoms with Crippen LogP contribution in [0.15, 0.2) is 106 Å². The van der Waals surface area contributed by atoms with E-state index in [0.29, 0.717) is 11.1 Å². The van der Waals surface area contributed by atoms with Crippen molar-refractivity contribution in [2.45, 2.75) is 64.5 Å². The molecular weight excluding hydrogens is 388 g/mol. The van der Waals surface area contributed by atoms with Crippen molar-refractivity contribution in [3.8, 4) is 0 Å². The van der Waals surface area contributed by atoms with E-state index in [9.17, 15) is 0 Å². The van der Waals surface area contributed by atoms with Crippen LogP contribution in [0.1, 0.15) is 53.4 Å². The fourth-order valence-electron chi connectivity index (χ4n) is 6.75. The number of hydrogen-bond acceptors (Lipinski definition) is 0. The Morgan fingerprint density at radius 2 is 1.19 bits per heavy atom. The highest BCUT2D eigenvalue weighted by molar-refractivity contribution is 7.06. The molecule has 0 amide bonds. The molecule has 2 aromatic rings. The monoisotopic (exact) mass is 422 g/mol. The van der Waals surface area contributed by atoms with E-state index >= 15 is 0 Å². The van der Waals surface area contributed by atoms with Crippen LogP contribution in [0.25, 0.3) is 0 Å². The summed E-state index contributed by atoms with van der Waals surface area (Å²) in [6.07, 6.45) is 10.4. The van der Waals surface area contributed by atoms with Gasteiger partial charge in [-0.2, -0.15) is 0 Å². The predicted octanol–water partition coefficient (Wildman–Crippen LogP) is 7.12. The Hall–Kier alpha value is -2.38. The Kier molecular flexibility index (Phi) is 5.26. The molecule has 0 heterocycles. The molecule has 3 aliphatic carbocycles. The van der Waals surface area contributed by atoms with Crippen molar-refractivity contribution in [1.29, 1.82) is 0 Å². The first kappa shape index (κ1) is 20.5. The minimum Gasteiger partial charge on any atom is -0.0791 e. The fraction of sp³-hybridized carbons (Fsp3) is 0.333. The van der Waals surface area contributed by atoms with Gasteiger partial charge in [-0.15, -0.1) is 0 Å². The SMILES string of the molecule is CC1=C(C)C([Si](c2ccccc2)(c2ccccc2)C2C=CC3=C2CCCC3)C(C)=C1C. The lowest BCUT2D eigenvalue weighted by molar-refractivity contribution is 0.678. The summed E-state index contributed by atoms with van der Waals surface area (Å²) in [4.78, 5) is 0. The Morgan fingerprint density at radius 3 is 1.74 bits per heavy atom. The minimum atomic E-state index is -2.26. The van der Waals surface area contributed by atoms with Crippen LogP contribution in [0.2, 0.25) is 11.1 Å². The summed E-state index contributed by atoms with van der Waals surface area (Å²) >= 11 is 0. The Balaban J connectivity index is 1.87. The van der Waals surface area contributed by atoms with Gasteiger partial charge in [-0.25, -0.2) is 0 Å². The van der Waals surface area contributed by atoms with E-state index in [-0.39, 0.29) is 0 Å². The van der Waals surface area contributed by atoms with Crippen LogP contribution in [0.5, 0.6) is 0 Å². The van der Waals surface area contributed by atoms with Gasteiger partial charge in [-0.3, -0.25) is 0 Å². The number of benzene rings is 2. The molecule has 1 atom stereocenters. The van der Waals surface area contributed by atoms with Gasteiger partial charge in [0.1, 0.15) is 8.07 Å². The Morgan fingerprint density at radius 1 is 0.677 bits per heavy atom. The van der Waals surface area contributed by atoms with Crippen molar-refractivity contribution in [3.05, 3.63) is 106 Å². The molecule has 1 unspecified atom stereocenters. The lowest BCUT2D eigenvalue weighted by Crippen LogP contribution is -2.64. The zero-order chi connectivity index (χ0) is 21.6. The van der Waals surface area contributed by atoms with Crippen LogP contribution in [-0.4, -0.2) is 8.07 Å². The molecule has 0 bridgehead atoms.